The first-order chi connectivity index (χ1) is 15.6. The molecule has 1 aliphatic heterocycles. The maximum atomic E-state index is 11.6. The lowest BCUT2D eigenvalue weighted by molar-refractivity contribution is 0.0845. The van der Waals surface area contributed by atoms with Crippen molar-refractivity contribution in [1.29, 1.82) is 0 Å². The highest BCUT2D eigenvalue weighted by Crippen LogP contribution is 2.34. The van der Waals surface area contributed by atoms with Crippen LogP contribution in [0.15, 0.2) is 64.0 Å². The van der Waals surface area contributed by atoms with Crippen LogP contribution in [-0.4, -0.2) is 23.4 Å². The summed E-state index contributed by atoms with van der Waals surface area (Å²) in [7, 11) is 0. The van der Waals surface area contributed by atoms with Gasteiger partial charge < -0.3 is 14.6 Å². The van der Waals surface area contributed by atoms with Gasteiger partial charge in [-0.05, 0) is 61.9 Å². The SMILES string of the molecule is Cc1cc([C@@H](C)Nc2ccccc2-c2cc(=O)[nH]o2)c2cc(C3CCOCC3)ncc2c1. The zero-order chi connectivity index (χ0) is 22.1. The Morgan fingerprint density at radius 1 is 1.12 bits per heavy atom. The van der Waals surface area contributed by atoms with Gasteiger partial charge >= 0.3 is 0 Å². The quantitative estimate of drug-likeness (QED) is 0.434. The van der Waals surface area contributed by atoms with E-state index in [4.69, 9.17) is 14.2 Å². The number of hydrogen-bond donors (Lipinski definition) is 2. The zero-order valence-electron chi connectivity index (χ0n) is 18.4. The minimum Gasteiger partial charge on any atom is -0.381 e. The van der Waals surface area contributed by atoms with Crippen LogP contribution in [0.3, 0.4) is 0 Å². The monoisotopic (exact) mass is 429 g/mol. The molecule has 0 bridgehead atoms. The minimum absolute atomic E-state index is 0.0363. The number of rotatable bonds is 5. The van der Waals surface area contributed by atoms with Gasteiger partial charge in [0.2, 0.25) is 0 Å². The second-order valence-corrected chi connectivity index (χ2v) is 8.56. The second-order valence-electron chi connectivity index (χ2n) is 8.56. The first-order valence-electron chi connectivity index (χ1n) is 11.1. The molecule has 0 radical (unpaired) electrons. The maximum Gasteiger partial charge on any atom is 0.280 e. The molecular weight excluding hydrogens is 402 g/mol. The third-order valence-electron chi connectivity index (χ3n) is 6.23. The molecule has 2 aromatic heterocycles. The minimum atomic E-state index is -0.249. The molecule has 0 unspecified atom stereocenters. The lowest BCUT2D eigenvalue weighted by Gasteiger charge is -2.23. The Kier molecular flexibility index (Phi) is 5.53. The average Bonchev–Trinajstić information content (AvgIpc) is 3.25. The van der Waals surface area contributed by atoms with Gasteiger partial charge in [0.15, 0.2) is 5.76 Å². The first kappa shape index (κ1) is 20.5. The van der Waals surface area contributed by atoms with Crippen molar-refractivity contribution in [2.75, 3.05) is 18.5 Å². The lowest BCUT2D eigenvalue weighted by Crippen LogP contribution is -2.15. The summed E-state index contributed by atoms with van der Waals surface area (Å²) >= 11 is 0. The van der Waals surface area contributed by atoms with Crippen LogP contribution in [0.5, 0.6) is 0 Å². The molecule has 0 saturated carbocycles. The van der Waals surface area contributed by atoms with E-state index in [1.165, 1.54) is 22.6 Å². The molecule has 0 spiro atoms. The van der Waals surface area contributed by atoms with E-state index in [0.29, 0.717) is 11.7 Å². The molecule has 2 N–H and O–H groups in total. The van der Waals surface area contributed by atoms with Gasteiger partial charge in [0, 0.05) is 53.7 Å². The molecule has 5 rings (SSSR count). The molecule has 1 saturated heterocycles. The highest BCUT2D eigenvalue weighted by Gasteiger charge is 2.20. The number of para-hydroxylation sites is 1. The number of aryl methyl sites for hydroxylation is 1. The number of H-pyrrole nitrogens is 1. The van der Waals surface area contributed by atoms with Crippen LogP contribution in [0.25, 0.3) is 22.1 Å². The van der Waals surface area contributed by atoms with E-state index in [9.17, 15) is 4.79 Å². The fraction of sp³-hybridized carbons (Fsp3) is 0.308. The summed E-state index contributed by atoms with van der Waals surface area (Å²) in [5.41, 5.74) is 5.08. The van der Waals surface area contributed by atoms with Crippen molar-refractivity contribution < 1.29 is 9.26 Å². The summed E-state index contributed by atoms with van der Waals surface area (Å²) in [6.07, 6.45) is 4.04. The largest absolute Gasteiger partial charge is 0.381 e. The molecule has 0 aliphatic carbocycles. The Morgan fingerprint density at radius 3 is 2.72 bits per heavy atom. The summed E-state index contributed by atoms with van der Waals surface area (Å²) in [5.74, 6) is 0.966. The normalized spacial score (nSPS) is 15.7. The van der Waals surface area contributed by atoms with Crippen molar-refractivity contribution in [3.05, 3.63) is 81.9 Å². The van der Waals surface area contributed by atoms with Gasteiger partial charge in [-0.1, -0.05) is 23.8 Å². The van der Waals surface area contributed by atoms with Gasteiger partial charge in [0.25, 0.3) is 5.56 Å². The molecule has 3 heterocycles. The molecular formula is C26H27N3O3. The molecule has 0 amide bonds. The third-order valence-corrected chi connectivity index (χ3v) is 6.23. The van der Waals surface area contributed by atoms with E-state index in [1.54, 1.807) is 0 Å². The molecule has 4 aromatic rings. The number of ether oxygens (including phenoxy) is 1. The number of nitrogens with zero attached hydrogens (tertiary/aromatic N) is 1. The van der Waals surface area contributed by atoms with Gasteiger partial charge in [-0.25, -0.2) is 0 Å². The Labute approximate surface area is 186 Å². The fourth-order valence-corrected chi connectivity index (χ4v) is 4.58. The van der Waals surface area contributed by atoms with Crippen LogP contribution in [0, 0.1) is 6.92 Å². The zero-order valence-corrected chi connectivity index (χ0v) is 18.4. The highest BCUT2D eigenvalue weighted by molar-refractivity contribution is 5.87. The molecule has 1 fully saturated rings. The fourth-order valence-electron chi connectivity index (χ4n) is 4.58. The number of nitrogens with one attached hydrogen (secondary N) is 2. The maximum absolute atomic E-state index is 11.6. The van der Waals surface area contributed by atoms with E-state index < -0.39 is 0 Å². The topological polar surface area (TPSA) is 80.2 Å². The molecule has 6 nitrogen and oxygen atoms in total. The molecule has 164 valence electrons. The van der Waals surface area contributed by atoms with Crippen molar-refractivity contribution in [3.8, 4) is 11.3 Å². The van der Waals surface area contributed by atoms with Crippen molar-refractivity contribution in [2.45, 2.75) is 38.6 Å². The summed E-state index contributed by atoms with van der Waals surface area (Å²) in [6, 6.07) is 16.1. The molecule has 32 heavy (non-hydrogen) atoms. The van der Waals surface area contributed by atoms with Crippen LogP contribution in [-0.2, 0) is 4.74 Å². The molecule has 1 aliphatic rings. The third kappa shape index (κ3) is 4.06. The number of aromatic nitrogens is 2. The van der Waals surface area contributed by atoms with Gasteiger partial charge in [-0.3, -0.25) is 9.78 Å². The molecule has 1 atom stereocenters. The van der Waals surface area contributed by atoms with Crippen molar-refractivity contribution in [1.82, 2.24) is 10.1 Å². The van der Waals surface area contributed by atoms with Crippen molar-refractivity contribution in [2.24, 2.45) is 0 Å². The summed E-state index contributed by atoms with van der Waals surface area (Å²) in [6.45, 7) is 5.88. The Morgan fingerprint density at radius 2 is 1.94 bits per heavy atom. The van der Waals surface area contributed by atoms with Gasteiger partial charge in [0.05, 0.1) is 6.07 Å². The van der Waals surface area contributed by atoms with Gasteiger partial charge in [0.1, 0.15) is 0 Å². The first-order valence-corrected chi connectivity index (χ1v) is 11.1. The number of anilines is 1. The summed E-state index contributed by atoms with van der Waals surface area (Å²) in [5, 5.41) is 8.38. The average molecular weight is 430 g/mol. The summed E-state index contributed by atoms with van der Waals surface area (Å²) < 4.78 is 10.9. The predicted molar refractivity (Wildman–Crippen MR) is 126 cm³/mol. The number of hydrogen-bond acceptors (Lipinski definition) is 5. The highest BCUT2D eigenvalue weighted by atomic mass is 16.5. The van der Waals surface area contributed by atoms with Crippen LogP contribution in [0.2, 0.25) is 0 Å². The number of benzene rings is 2. The van der Waals surface area contributed by atoms with Crippen LogP contribution >= 0.6 is 0 Å². The van der Waals surface area contributed by atoms with E-state index >= 15 is 0 Å². The van der Waals surface area contributed by atoms with Gasteiger partial charge in [-0.15, -0.1) is 0 Å². The predicted octanol–water partition coefficient (Wildman–Crippen LogP) is 5.56. The van der Waals surface area contributed by atoms with E-state index in [-0.39, 0.29) is 11.6 Å². The van der Waals surface area contributed by atoms with Crippen LogP contribution in [0.4, 0.5) is 5.69 Å². The van der Waals surface area contributed by atoms with Gasteiger partial charge in [-0.2, -0.15) is 5.16 Å². The number of fused-ring (bicyclic) bond motifs is 1. The van der Waals surface area contributed by atoms with E-state index in [1.807, 2.05) is 30.5 Å². The number of pyridine rings is 1. The Hall–Kier alpha value is -3.38. The summed E-state index contributed by atoms with van der Waals surface area (Å²) in [4.78, 5) is 16.4. The Balaban J connectivity index is 1.52. The van der Waals surface area contributed by atoms with Crippen LogP contribution in [0.1, 0.15) is 48.5 Å². The molecule has 2 aromatic carbocycles. The number of aromatic amines is 1. The second kappa shape index (κ2) is 8.63. The van der Waals surface area contributed by atoms with Crippen molar-refractivity contribution >= 4 is 16.5 Å². The Bertz CT molecular complexity index is 1300. The standard InChI is InChI=1S/C26H27N3O3/c1-16-11-19-15-27-24(18-7-9-31-10-8-18)13-22(19)21(12-16)17(2)28-23-6-4-3-5-20(23)25-14-26(30)29-32-25/h3-6,11-15,17-18,28H,7-10H2,1-2H3,(H,29,30)/t17-/m1/s1. The van der Waals surface area contributed by atoms with E-state index in [2.05, 4.69) is 42.5 Å². The van der Waals surface area contributed by atoms with Crippen LogP contribution < -0.4 is 10.9 Å². The van der Waals surface area contributed by atoms with E-state index in [0.717, 1.165) is 48.4 Å². The smallest absolute Gasteiger partial charge is 0.280 e. The molecule has 6 heteroatoms. The lowest BCUT2D eigenvalue weighted by atomic mass is 9.92. The van der Waals surface area contributed by atoms with Crippen molar-refractivity contribution in [3.63, 3.8) is 0 Å².